The van der Waals surface area contributed by atoms with Crippen molar-refractivity contribution in [1.82, 2.24) is 18.3 Å². The fraction of sp³-hybridized carbons (Fsp3) is 0. The van der Waals surface area contributed by atoms with Crippen molar-refractivity contribution in [1.29, 1.82) is 0 Å². The van der Waals surface area contributed by atoms with Gasteiger partial charge in [-0.3, -0.25) is 0 Å². The monoisotopic (exact) mass is 1220 g/mol. The molecule has 4 heteroatoms. The Labute approximate surface area is 554 Å². The quantitative estimate of drug-likeness (QED) is 0.144. The minimum Gasteiger partial charge on any atom is -0.309 e. The molecular weight excluding hydrogens is 1160 g/mol. The molecule has 0 aliphatic rings. The van der Waals surface area contributed by atoms with E-state index in [1.165, 1.54) is 170 Å². The summed E-state index contributed by atoms with van der Waals surface area (Å²) in [6.07, 6.45) is 0. The molecule has 96 heavy (non-hydrogen) atoms. The second kappa shape index (κ2) is 22.5. The summed E-state index contributed by atoms with van der Waals surface area (Å²) >= 11 is 0. The first-order valence-corrected chi connectivity index (χ1v) is 33.1. The molecule has 0 fully saturated rings. The van der Waals surface area contributed by atoms with E-state index in [-0.39, 0.29) is 0 Å². The maximum atomic E-state index is 2.43. The third-order valence-electron chi connectivity index (χ3n) is 19.8. The highest BCUT2D eigenvalue weighted by molar-refractivity contribution is 6.16. The molecule has 4 aromatic heterocycles. The molecule has 0 spiro atoms. The van der Waals surface area contributed by atoms with E-state index in [0.717, 1.165) is 5.69 Å². The number of hydrogen-bond donors (Lipinski definition) is 0. The molecule has 20 rings (SSSR count). The zero-order chi connectivity index (χ0) is 63.2. The van der Waals surface area contributed by atoms with Gasteiger partial charge in [0, 0.05) is 65.4 Å². The number of para-hydroxylation sites is 5. The highest BCUT2D eigenvalue weighted by Crippen LogP contribution is 2.43. The molecule has 0 atom stereocenters. The molecule has 0 radical (unpaired) electrons. The van der Waals surface area contributed by atoms with Crippen molar-refractivity contribution in [2.45, 2.75) is 0 Å². The molecular formula is C92H60N4. The Bertz CT molecular complexity index is 6430. The lowest BCUT2D eigenvalue weighted by atomic mass is 10.0. The predicted octanol–water partition coefficient (Wildman–Crippen LogP) is 24.7. The maximum Gasteiger partial charge on any atom is 0.0541 e. The van der Waals surface area contributed by atoms with Gasteiger partial charge >= 0.3 is 0 Å². The maximum absolute atomic E-state index is 2.43. The largest absolute Gasteiger partial charge is 0.309 e. The average molecular weight is 1220 g/mol. The van der Waals surface area contributed by atoms with Gasteiger partial charge in [0.15, 0.2) is 0 Å². The van der Waals surface area contributed by atoms with Crippen molar-refractivity contribution >= 4 is 109 Å². The van der Waals surface area contributed by atoms with Gasteiger partial charge in [-0.05, 0) is 164 Å². The van der Waals surface area contributed by atoms with Crippen molar-refractivity contribution in [3.8, 4) is 67.3 Å². The normalized spacial score (nSPS) is 11.8. The number of nitrogens with zero attached hydrogens (tertiary/aromatic N) is 4. The summed E-state index contributed by atoms with van der Waals surface area (Å²) < 4.78 is 9.65. The molecule has 0 amide bonds. The summed E-state index contributed by atoms with van der Waals surface area (Å²) in [6, 6.07) is 132. The van der Waals surface area contributed by atoms with Crippen molar-refractivity contribution in [3.05, 3.63) is 364 Å². The van der Waals surface area contributed by atoms with Crippen LogP contribution in [0.5, 0.6) is 0 Å². The molecule has 20 aromatic rings. The van der Waals surface area contributed by atoms with Crippen LogP contribution in [0.4, 0.5) is 0 Å². The van der Waals surface area contributed by atoms with Crippen molar-refractivity contribution < 1.29 is 0 Å². The van der Waals surface area contributed by atoms with E-state index < -0.39 is 0 Å². The summed E-state index contributed by atoms with van der Waals surface area (Å²) in [5.74, 6) is 0. The first-order chi connectivity index (χ1) is 47.6. The van der Waals surface area contributed by atoms with E-state index in [9.17, 15) is 0 Å². The van der Waals surface area contributed by atoms with Gasteiger partial charge in [-0.25, -0.2) is 0 Å². The second-order valence-electron chi connectivity index (χ2n) is 25.2. The average Bonchev–Trinajstić information content (AvgIpc) is 1.61. The number of fused-ring (bicyclic) bond motifs is 14. The third kappa shape index (κ3) is 8.99. The van der Waals surface area contributed by atoms with Gasteiger partial charge in [0.05, 0.1) is 55.5 Å². The molecule has 4 heterocycles. The summed E-state index contributed by atoms with van der Waals surface area (Å²) in [5.41, 5.74) is 24.2. The van der Waals surface area contributed by atoms with Crippen LogP contribution >= 0.6 is 0 Å². The molecule has 0 saturated heterocycles. The van der Waals surface area contributed by atoms with Crippen LogP contribution in [0.2, 0.25) is 0 Å². The molecule has 4 nitrogen and oxygen atoms in total. The van der Waals surface area contributed by atoms with Crippen LogP contribution in [0.3, 0.4) is 0 Å². The van der Waals surface area contributed by atoms with Crippen LogP contribution in [0.15, 0.2) is 364 Å². The molecule has 0 saturated carbocycles. The summed E-state index contributed by atoms with van der Waals surface area (Å²) in [7, 11) is 0. The Balaban J connectivity index is 0.000000135. The Morgan fingerprint density at radius 1 is 0.146 bits per heavy atom. The molecule has 0 bridgehead atoms. The first kappa shape index (κ1) is 54.9. The zero-order valence-electron chi connectivity index (χ0n) is 52.4. The minimum atomic E-state index is 1.16. The fourth-order valence-electron chi connectivity index (χ4n) is 15.4. The van der Waals surface area contributed by atoms with Gasteiger partial charge in [-0.1, -0.05) is 255 Å². The molecule has 0 aliphatic heterocycles. The molecule has 448 valence electrons. The van der Waals surface area contributed by atoms with E-state index in [0.29, 0.717) is 0 Å². The highest BCUT2D eigenvalue weighted by Gasteiger charge is 2.21. The second-order valence-corrected chi connectivity index (χ2v) is 25.2. The molecule has 0 N–H and O–H groups in total. The smallest absolute Gasteiger partial charge is 0.0541 e. The summed E-state index contributed by atoms with van der Waals surface area (Å²) in [4.78, 5) is 0. The van der Waals surface area contributed by atoms with Crippen molar-refractivity contribution in [3.63, 3.8) is 0 Å². The van der Waals surface area contributed by atoms with Crippen molar-refractivity contribution in [2.75, 3.05) is 0 Å². The lowest BCUT2D eigenvalue weighted by molar-refractivity contribution is 1.18. The predicted molar refractivity (Wildman–Crippen MR) is 407 cm³/mol. The number of benzene rings is 16. The van der Waals surface area contributed by atoms with E-state index in [1.54, 1.807) is 0 Å². The van der Waals surface area contributed by atoms with Gasteiger partial charge in [0.2, 0.25) is 0 Å². The topological polar surface area (TPSA) is 19.7 Å². The van der Waals surface area contributed by atoms with Crippen LogP contribution in [0.1, 0.15) is 0 Å². The zero-order valence-corrected chi connectivity index (χ0v) is 52.4. The highest BCUT2D eigenvalue weighted by atomic mass is 15.0. The van der Waals surface area contributed by atoms with Gasteiger partial charge in [-0.2, -0.15) is 0 Å². The fourth-order valence-corrected chi connectivity index (χ4v) is 15.4. The Morgan fingerprint density at radius 3 is 1.01 bits per heavy atom. The number of aromatic nitrogens is 4. The summed E-state index contributed by atoms with van der Waals surface area (Å²) in [5, 5.41) is 15.1. The summed E-state index contributed by atoms with van der Waals surface area (Å²) in [6.45, 7) is 0. The Kier molecular flexibility index (Phi) is 12.9. The van der Waals surface area contributed by atoms with Gasteiger partial charge in [0.1, 0.15) is 0 Å². The minimum absolute atomic E-state index is 1.16. The first-order valence-electron chi connectivity index (χ1n) is 33.1. The van der Waals surface area contributed by atoms with Gasteiger partial charge in [-0.15, -0.1) is 0 Å². The molecule has 0 unspecified atom stereocenters. The Morgan fingerprint density at radius 2 is 0.479 bits per heavy atom. The van der Waals surface area contributed by atoms with Crippen LogP contribution < -0.4 is 0 Å². The van der Waals surface area contributed by atoms with E-state index >= 15 is 0 Å². The number of rotatable bonds is 8. The van der Waals surface area contributed by atoms with Gasteiger partial charge in [0.25, 0.3) is 0 Å². The third-order valence-corrected chi connectivity index (χ3v) is 19.8. The molecule has 16 aromatic carbocycles. The van der Waals surface area contributed by atoms with Crippen molar-refractivity contribution in [2.24, 2.45) is 0 Å². The van der Waals surface area contributed by atoms with Crippen LogP contribution in [0, 0.1) is 0 Å². The lowest BCUT2D eigenvalue weighted by Crippen LogP contribution is -1.97. The van der Waals surface area contributed by atoms with Gasteiger partial charge < -0.3 is 18.3 Å². The van der Waals surface area contributed by atoms with Crippen LogP contribution in [-0.2, 0) is 0 Å². The van der Waals surface area contributed by atoms with E-state index in [2.05, 4.69) is 382 Å². The van der Waals surface area contributed by atoms with Crippen LogP contribution in [-0.4, -0.2) is 18.3 Å². The number of hydrogen-bond acceptors (Lipinski definition) is 0. The Hall–Kier alpha value is -12.8. The lowest BCUT2D eigenvalue weighted by Gasteiger charge is -2.14. The SMILES string of the molecule is c1ccc(-c2ccc(-n3c4ccccc4c4cc(-c5ccc6c(c5)c5ccccc5n6-c5ccc6ccccc6c5)ccc43)cc2)cc1.c1ccc(-c2ccccc2-n2c3ccccc3c3cc(-c4ccc5c(c4)c4ccccc4n5-c4cccc5ccccc45)ccc32)cc1. The van der Waals surface area contributed by atoms with E-state index in [1.807, 2.05) is 0 Å². The molecule has 0 aliphatic carbocycles. The van der Waals surface area contributed by atoms with Crippen LogP contribution in [0.25, 0.3) is 176 Å². The van der Waals surface area contributed by atoms with E-state index in [4.69, 9.17) is 0 Å². The standard InChI is InChI=1S/2C46H30N2/c1-2-13-31(14-3-1)35-18-6-9-21-41(35)47-43-22-10-7-19-37(43)39-29-33(25-27-45(39)47)34-26-28-46-40(30-34)38-20-8-11-23-44(38)48(46)42-24-12-16-32-15-4-5-17-36(32)42;1-2-10-31(11-3-1)33-18-23-37(24-19-33)47-43-16-8-6-14-39(43)41-29-35(21-26-45(41)47)36-22-27-46-42(30-36)40-15-7-9-17-44(40)48(46)38-25-20-32-12-4-5-13-34(32)28-38/h2*1-30H.